The fourth-order valence-electron chi connectivity index (χ4n) is 4.41. The Morgan fingerprint density at radius 2 is 1.23 bits per heavy atom. The third-order valence-corrected chi connectivity index (χ3v) is 5.81. The van der Waals surface area contributed by atoms with Gasteiger partial charge in [0.1, 0.15) is 0 Å². The van der Waals surface area contributed by atoms with Crippen molar-refractivity contribution in [3.8, 4) is 0 Å². The maximum atomic E-state index is 8.56. The lowest BCUT2D eigenvalue weighted by Gasteiger charge is -2.15. The lowest BCUT2D eigenvalue weighted by molar-refractivity contribution is 1.44. The van der Waals surface area contributed by atoms with Gasteiger partial charge in [-0.3, -0.25) is 5.41 Å². The van der Waals surface area contributed by atoms with Crippen LogP contribution in [0.3, 0.4) is 0 Å². The molecule has 3 heteroatoms. The van der Waals surface area contributed by atoms with Gasteiger partial charge in [0.15, 0.2) is 5.96 Å². The normalized spacial score (nSPS) is 12.0. The minimum absolute atomic E-state index is 0.252. The molecule has 0 radical (unpaired) electrons. The maximum absolute atomic E-state index is 8.56. The van der Waals surface area contributed by atoms with E-state index in [-0.39, 0.29) is 5.96 Å². The second kappa shape index (κ2) is 6.46. The first-order valence-electron chi connectivity index (χ1n) is 10.0. The number of nitrogens with one attached hydrogen (secondary N) is 3. The maximum Gasteiger partial charge on any atom is 0.197 e. The van der Waals surface area contributed by atoms with Crippen LogP contribution in [0.4, 0.5) is 11.4 Å². The average Bonchev–Trinajstić information content (AvgIpc) is 3.19. The summed E-state index contributed by atoms with van der Waals surface area (Å²) in [5.74, 6) is 0.252. The van der Waals surface area contributed by atoms with E-state index in [9.17, 15) is 0 Å². The molecule has 0 amide bonds. The van der Waals surface area contributed by atoms with E-state index in [0.29, 0.717) is 0 Å². The Morgan fingerprint density at radius 3 is 2.07 bits per heavy atom. The van der Waals surface area contributed by atoms with E-state index in [1.807, 2.05) is 18.2 Å². The van der Waals surface area contributed by atoms with Crippen LogP contribution in [0.5, 0.6) is 0 Å². The Bertz CT molecular complexity index is 1500. The van der Waals surface area contributed by atoms with Gasteiger partial charge >= 0.3 is 0 Å². The summed E-state index contributed by atoms with van der Waals surface area (Å²) in [4.78, 5) is 0. The largest absolute Gasteiger partial charge is 0.326 e. The SMILES string of the molecule is N=C(Nc1cccc2cc3ccccc3cc12)Nc1ccc2c3c(cccc13)C=C2. The van der Waals surface area contributed by atoms with Crippen molar-refractivity contribution in [3.63, 3.8) is 0 Å². The van der Waals surface area contributed by atoms with Gasteiger partial charge in [-0.1, -0.05) is 72.8 Å². The van der Waals surface area contributed by atoms with E-state index in [0.717, 1.165) is 27.5 Å². The van der Waals surface area contributed by atoms with Gasteiger partial charge in [0.25, 0.3) is 0 Å². The standard InChI is InChI=1S/C27H19N3/c28-27(30-25-14-13-18-12-11-17-7-3-9-22(25)26(17)18)29-24-10-4-8-21-15-19-5-1-2-6-20(19)16-23(21)24/h1-16H,(H3,28,29,30). The second-order valence-corrected chi connectivity index (χ2v) is 7.66. The molecule has 0 aliphatic heterocycles. The third kappa shape index (κ3) is 2.64. The molecule has 142 valence electrons. The number of anilines is 2. The summed E-state index contributed by atoms with van der Waals surface area (Å²) in [6.07, 6.45) is 4.29. The van der Waals surface area contributed by atoms with Crippen LogP contribution in [-0.4, -0.2) is 5.96 Å². The molecule has 0 unspecified atom stereocenters. The van der Waals surface area contributed by atoms with Crippen molar-refractivity contribution in [2.75, 3.05) is 10.6 Å². The van der Waals surface area contributed by atoms with Gasteiger partial charge in [0, 0.05) is 22.1 Å². The Balaban J connectivity index is 1.36. The predicted octanol–water partition coefficient (Wildman–Crippen LogP) is 7.09. The minimum Gasteiger partial charge on any atom is -0.326 e. The molecular formula is C27H19N3. The van der Waals surface area contributed by atoms with Crippen molar-refractivity contribution in [1.82, 2.24) is 0 Å². The zero-order chi connectivity index (χ0) is 20.1. The highest BCUT2D eigenvalue weighted by molar-refractivity contribution is 6.15. The summed E-state index contributed by atoms with van der Waals surface area (Å²) < 4.78 is 0. The summed E-state index contributed by atoms with van der Waals surface area (Å²) in [5.41, 5.74) is 4.31. The molecular weight excluding hydrogens is 366 g/mol. The van der Waals surface area contributed by atoms with E-state index in [2.05, 4.69) is 89.5 Å². The van der Waals surface area contributed by atoms with Crippen LogP contribution in [0.25, 0.3) is 44.5 Å². The number of hydrogen-bond donors (Lipinski definition) is 3. The topological polar surface area (TPSA) is 47.9 Å². The Hall–Kier alpha value is -4.11. The fraction of sp³-hybridized carbons (Fsp3) is 0. The molecule has 0 atom stereocenters. The summed E-state index contributed by atoms with van der Waals surface area (Å²) in [7, 11) is 0. The molecule has 1 aliphatic carbocycles. The average molecular weight is 385 g/mol. The van der Waals surface area contributed by atoms with Crippen LogP contribution in [0, 0.1) is 5.41 Å². The van der Waals surface area contributed by atoms with E-state index in [1.54, 1.807) is 0 Å². The number of guanidine groups is 1. The van der Waals surface area contributed by atoms with Crippen molar-refractivity contribution >= 4 is 61.8 Å². The quantitative estimate of drug-likeness (QED) is 0.169. The molecule has 0 fully saturated rings. The molecule has 5 aromatic rings. The number of hydrogen-bond acceptors (Lipinski definition) is 1. The number of benzene rings is 5. The molecule has 0 spiro atoms. The molecule has 1 aliphatic rings. The first-order valence-corrected chi connectivity index (χ1v) is 10.0. The van der Waals surface area contributed by atoms with E-state index >= 15 is 0 Å². The smallest absolute Gasteiger partial charge is 0.197 e. The summed E-state index contributed by atoms with van der Waals surface area (Å²) in [6, 6.07) is 29.4. The molecule has 3 N–H and O–H groups in total. The Labute approximate surface area is 174 Å². The molecule has 0 saturated carbocycles. The zero-order valence-electron chi connectivity index (χ0n) is 16.2. The molecule has 3 nitrogen and oxygen atoms in total. The highest BCUT2D eigenvalue weighted by Crippen LogP contribution is 2.35. The molecule has 6 rings (SSSR count). The van der Waals surface area contributed by atoms with Crippen LogP contribution in [0.1, 0.15) is 11.1 Å². The van der Waals surface area contributed by atoms with Crippen molar-refractivity contribution in [3.05, 3.63) is 96.1 Å². The van der Waals surface area contributed by atoms with Crippen LogP contribution in [0.2, 0.25) is 0 Å². The van der Waals surface area contributed by atoms with Crippen molar-refractivity contribution in [1.29, 1.82) is 5.41 Å². The molecule has 0 heterocycles. The number of rotatable bonds is 2. The van der Waals surface area contributed by atoms with Crippen molar-refractivity contribution in [2.45, 2.75) is 0 Å². The zero-order valence-corrected chi connectivity index (χ0v) is 16.2. The van der Waals surface area contributed by atoms with Gasteiger partial charge in [-0.05, 0) is 56.9 Å². The van der Waals surface area contributed by atoms with Gasteiger partial charge < -0.3 is 10.6 Å². The highest BCUT2D eigenvalue weighted by Gasteiger charge is 2.13. The molecule has 0 saturated heterocycles. The minimum atomic E-state index is 0.252. The van der Waals surface area contributed by atoms with E-state index in [1.165, 1.54) is 27.3 Å². The molecule has 0 aromatic heterocycles. The number of fused-ring (bicyclic) bond motifs is 2. The van der Waals surface area contributed by atoms with Gasteiger partial charge in [0.2, 0.25) is 0 Å². The molecule has 5 aromatic carbocycles. The first kappa shape index (κ1) is 16.8. The van der Waals surface area contributed by atoms with Gasteiger partial charge in [-0.2, -0.15) is 0 Å². The van der Waals surface area contributed by atoms with Gasteiger partial charge in [-0.15, -0.1) is 0 Å². The molecule has 0 bridgehead atoms. The Kier molecular flexibility index (Phi) is 3.62. The van der Waals surface area contributed by atoms with Gasteiger partial charge in [-0.25, -0.2) is 0 Å². The summed E-state index contributed by atoms with van der Waals surface area (Å²) >= 11 is 0. The van der Waals surface area contributed by atoms with E-state index < -0.39 is 0 Å². The Morgan fingerprint density at radius 1 is 0.567 bits per heavy atom. The first-order chi connectivity index (χ1) is 14.8. The van der Waals surface area contributed by atoms with Crippen LogP contribution < -0.4 is 10.6 Å². The lowest BCUT2D eigenvalue weighted by Crippen LogP contribution is -2.20. The van der Waals surface area contributed by atoms with Gasteiger partial charge in [0.05, 0.1) is 0 Å². The molecule has 30 heavy (non-hydrogen) atoms. The summed E-state index contributed by atoms with van der Waals surface area (Å²) in [5, 5.41) is 22.1. The fourth-order valence-corrected chi connectivity index (χ4v) is 4.41. The van der Waals surface area contributed by atoms with Crippen molar-refractivity contribution in [2.24, 2.45) is 0 Å². The monoisotopic (exact) mass is 385 g/mol. The predicted molar refractivity (Wildman–Crippen MR) is 129 cm³/mol. The second-order valence-electron chi connectivity index (χ2n) is 7.66. The lowest BCUT2D eigenvalue weighted by atomic mass is 10.0. The van der Waals surface area contributed by atoms with E-state index in [4.69, 9.17) is 5.41 Å². The van der Waals surface area contributed by atoms with Crippen LogP contribution >= 0.6 is 0 Å². The summed E-state index contributed by atoms with van der Waals surface area (Å²) in [6.45, 7) is 0. The van der Waals surface area contributed by atoms with Crippen LogP contribution in [-0.2, 0) is 0 Å². The van der Waals surface area contributed by atoms with Crippen molar-refractivity contribution < 1.29 is 0 Å². The van der Waals surface area contributed by atoms with Crippen LogP contribution in [0.15, 0.2) is 84.9 Å². The highest BCUT2D eigenvalue weighted by atomic mass is 15.1. The third-order valence-electron chi connectivity index (χ3n) is 5.81.